The second-order valence-corrected chi connectivity index (χ2v) is 2.29. The van der Waals surface area contributed by atoms with Gasteiger partial charge in [-0.1, -0.05) is 27.7 Å². The molecule has 0 amide bonds. The molecule has 2 N–H and O–H groups in total. The highest BCUT2D eigenvalue weighted by atomic mass is 32.2. The number of aromatic nitrogens is 2. The summed E-state index contributed by atoms with van der Waals surface area (Å²) in [6, 6.07) is 0. The van der Waals surface area contributed by atoms with Gasteiger partial charge < -0.3 is 0 Å². The molecule has 0 aliphatic carbocycles. The standard InChI is InChI=1S/C5H7N3S.2C2H6/c1-4-7-2-5(9-6)3-8-4;2*1-2/h2-3H,6H2,1H3;2*1-2H3. The summed E-state index contributed by atoms with van der Waals surface area (Å²) < 4.78 is 0. The van der Waals surface area contributed by atoms with E-state index in [0.717, 1.165) is 22.7 Å². The van der Waals surface area contributed by atoms with Crippen LogP contribution in [0.3, 0.4) is 0 Å². The first-order valence-corrected chi connectivity index (χ1v) is 5.36. The minimum absolute atomic E-state index is 0.771. The van der Waals surface area contributed by atoms with Crippen molar-refractivity contribution in [1.82, 2.24) is 9.97 Å². The van der Waals surface area contributed by atoms with E-state index in [1.54, 1.807) is 12.4 Å². The van der Waals surface area contributed by atoms with Crippen LogP contribution in [0.1, 0.15) is 33.5 Å². The van der Waals surface area contributed by atoms with Crippen LogP contribution in [0.4, 0.5) is 0 Å². The van der Waals surface area contributed by atoms with E-state index in [1.165, 1.54) is 0 Å². The Kier molecular flexibility index (Phi) is 13.0. The molecule has 3 nitrogen and oxygen atoms in total. The number of aryl methyl sites for hydroxylation is 1. The van der Waals surface area contributed by atoms with E-state index in [2.05, 4.69) is 9.97 Å². The third-order valence-electron chi connectivity index (χ3n) is 0.893. The van der Waals surface area contributed by atoms with Gasteiger partial charge in [0.05, 0.1) is 4.90 Å². The van der Waals surface area contributed by atoms with E-state index in [9.17, 15) is 0 Å². The highest BCUT2D eigenvalue weighted by Crippen LogP contribution is 2.06. The van der Waals surface area contributed by atoms with Crippen LogP contribution in [0.15, 0.2) is 17.3 Å². The quantitative estimate of drug-likeness (QED) is 0.710. The van der Waals surface area contributed by atoms with Crippen molar-refractivity contribution in [3.63, 3.8) is 0 Å². The van der Waals surface area contributed by atoms with Gasteiger partial charge in [-0.2, -0.15) is 0 Å². The van der Waals surface area contributed by atoms with Gasteiger partial charge in [-0.15, -0.1) is 0 Å². The SMILES string of the molecule is CC.CC.Cc1ncc(SN)cn1. The molecule has 1 aromatic heterocycles. The summed E-state index contributed by atoms with van der Waals surface area (Å²) >= 11 is 1.15. The van der Waals surface area contributed by atoms with E-state index < -0.39 is 0 Å². The molecule has 1 heterocycles. The molecule has 0 unspecified atom stereocenters. The predicted molar refractivity (Wildman–Crippen MR) is 59.5 cm³/mol. The van der Waals surface area contributed by atoms with Gasteiger partial charge in [-0.25, -0.2) is 9.97 Å². The van der Waals surface area contributed by atoms with Gasteiger partial charge in [-0.05, 0) is 18.9 Å². The molecule has 0 spiro atoms. The third kappa shape index (κ3) is 7.74. The Morgan fingerprint density at radius 2 is 1.46 bits per heavy atom. The van der Waals surface area contributed by atoms with Crippen LogP contribution in [0.25, 0.3) is 0 Å². The van der Waals surface area contributed by atoms with E-state index in [4.69, 9.17) is 5.14 Å². The predicted octanol–water partition coefficient (Wildman–Crippen LogP) is 2.80. The molecule has 1 rings (SSSR count). The van der Waals surface area contributed by atoms with Crippen molar-refractivity contribution in [3.05, 3.63) is 18.2 Å². The first-order chi connectivity index (χ1) is 6.33. The molecule has 4 heteroatoms. The zero-order valence-corrected chi connectivity index (χ0v) is 9.85. The fourth-order valence-electron chi connectivity index (χ4n) is 0.442. The third-order valence-corrected chi connectivity index (χ3v) is 1.38. The average Bonchev–Trinajstić information content (AvgIpc) is 2.25. The summed E-state index contributed by atoms with van der Waals surface area (Å²) in [6.07, 6.45) is 3.40. The molecular formula is C9H19N3S. The fourth-order valence-corrected chi connectivity index (χ4v) is 0.669. The van der Waals surface area contributed by atoms with Crippen molar-refractivity contribution in [3.8, 4) is 0 Å². The van der Waals surface area contributed by atoms with Crippen LogP contribution in [-0.4, -0.2) is 9.97 Å². The summed E-state index contributed by atoms with van der Waals surface area (Å²) in [5.41, 5.74) is 0. The Labute approximate surface area is 85.3 Å². The lowest BCUT2D eigenvalue weighted by molar-refractivity contribution is 1.01. The van der Waals surface area contributed by atoms with Gasteiger partial charge in [0.2, 0.25) is 0 Å². The Bertz CT molecular complexity index is 187. The molecule has 1 aromatic rings. The molecule has 76 valence electrons. The van der Waals surface area contributed by atoms with Crippen LogP contribution in [0.5, 0.6) is 0 Å². The van der Waals surface area contributed by atoms with Crippen LogP contribution in [0, 0.1) is 6.92 Å². The van der Waals surface area contributed by atoms with Crippen molar-refractivity contribution >= 4 is 11.9 Å². The van der Waals surface area contributed by atoms with Gasteiger partial charge in [0.15, 0.2) is 0 Å². The maximum Gasteiger partial charge on any atom is 0.125 e. The van der Waals surface area contributed by atoms with Gasteiger partial charge >= 0.3 is 0 Å². The lowest BCUT2D eigenvalue weighted by Gasteiger charge is -1.92. The van der Waals surface area contributed by atoms with Gasteiger partial charge in [0.1, 0.15) is 5.82 Å². The Morgan fingerprint density at radius 1 is 1.08 bits per heavy atom. The van der Waals surface area contributed by atoms with Crippen molar-refractivity contribution in [1.29, 1.82) is 0 Å². The van der Waals surface area contributed by atoms with Crippen molar-refractivity contribution in [2.75, 3.05) is 0 Å². The average molecular weight is 201 g/mol. The van der Waals surface area contributed by atoms with E-state index >= 15 is 0 Å². The fraction of sp³-hybridized carbons (Fsp3) is 0.556. The van der Waals surface area contributed by atoms with Crippen LogP contribution < -0.4 is 5.14 Å². The summed E-state index contributed by atoms with van der Waals surface area (Å²) in [5, 5.41) is 5.24. The molecular weight excluding hydrogens is 182 g/mol. The molecule has 0 aliphatic heterocycles. The Hall–Kier alpha value is -0.610. The van der Waals surface area contributed by atoms with Gasteiger partial charge in [0, 0.05) is 12.4 Å². The number of hydrogen-bond donors (Lipinski definition) is 1. The second kappa shape index (κ2) is 11.4. The Balaban J connectivity index is 0. The maximum absolute atomic E-state index is 5.24. The zero-order valence-electron chi connectivity index (χ0n) is 9.03. The van der Waals surface area contributed by atoms with E-state index in [1.807, 2.05) is 34.6 Å². The highest BCUT2D eigenvalue weighted by Gasteiger charge is 1.88. The number of hydrogen-bond acceptors (Lipinski definition) is 4. The van der Waals surface area contributed by atoms with E-state index in [0.29, 0.717) is 0 Å². The number of nitrogens with two attached hydrogens (primary N) is 1. The molecule has 0 bridgehead atoms. The summed E-state index contributed by atoms with van der Waals surface area (Å²) in [4.78, 5) is 8.77. The Morgan fingerprint density at radius 3 is 1.77 bits per heavy atom. The summed E-state index contributed by atoms with van der Waals surface area (Å²) in [6.45, 7) is 9.84. The normalized spacial score (nSPS) is 7.54. The molecule has 0 aliphatic rings. The zero-order chi connectivity index (χ0) is 10.7. The van der Waals surface area contributed by atoms with E-state index in [-0.39, 0.29) is 0 Å². The first kappa shape index (κ1) is 14.9. The summed E-state index contributed by atoms with van der Waals surface area (Å²) in [5.74, 6) is 0.771. The molecule has 0 aromatic carbocycles. The maximum atomic E-state index is 5.24. The van der Waals surface area contributed by atoms with Crippen LogP contribution >= 0.6 is 11.9 Å². The molecule has 0 radical (unpaired) electrons. The molecule has 0 saturated heterocycles. The molecule has 0 fully saturated rings. The smallest absolute Gasteiger partial charge is 0.125 e. The lowest BCUT2D eigenvalue weighted by atomic mass is 10.6. The monoisotopic (exact) mass is 201 g/mol. The minimum Gasteiger partial charge on any atom is -0.273 e. The topological polar surface area (TPSA) is 51.8 Å². The summed E-state index contributed by atoms with van der Waals surface area (Å²) in [7, 11) is 0. The van der Waals surface area contributed by atoms with Crippen LogP contribution in [-0.2, 0) is 0 Å². The second-order valence-electron chi connectivity index (χ2n) is 1.58. The lowest BCUT2D eigenvalue weighted by Crippen LogP contribution is -1.87. The van der Waals surface area contributed by atoms with Gasteiger partial charge in [-0.3, -0.25) is 5.14 Å². The molecule has 0 saturated carbocycles. The number of nitrogens with zero attached hydrogens (tertiary/aromatic N) is 2. The number of rotatable bonds is 1. The molecule has 0 atom stereocenters. The minimum atomic E-state index is 0.771. The largest absolute Gasteiger partial charge is 0.273 e. The van der Waals surface area contributed by atoms with Gasteiger partial charge in [0.25, 0.3) is 0 Å². The molecule has 13 heavy (non-hydrogen) atoms. The van der Waals surface area contributed by atoms with Crippen molar-refractivity contribution in [2.45, 2.75) is 39.5 Å². The van der Waals surface area contributed by atoms with Crippen molar-refractivity contribution in [2.24, 2.45) is 5.14 Å². The first-order valence-electron chi connectivity index (χ1n) is 4.48. The van der Waals surface area contributed by atoms with Crippen molar-refractivity contribution < 1.29 is 0 Å². The van der Waals surface area contributed by atoms with Crippen LogP contribution in [0.2, 0.25) is 0 Å². The highest BCUT2D eigenvalue weighted by molar-refractivity contribution is 7.97.